The maximum atomic E-state index is 14.2. The first-order chi connectivity index (χ1) is 12.4. The van der Waals surface area contributed by atoms with E-state index in [1.165, 1.54) is 19.2 Å². The monoisotopic (exact) mass is 426 g/mol. The van der Waals surface area contributed by atoms with Crippen LogP contribution in [-0.2, 0) is 4.74 Å². The van der Waals surface area contributed by atoms with E-state index in [0.29, 0.717) is 22.2 Å². The molecule has 140 valence electrons. The molecule has 0 saturated heterocycles. The van der Waals surface area contributed by atoms with Crippen molar-refractivity contribution in [3.8, 4) is 11.5 Å². The molecule has 2 atom stereocenters. The van der Waals surface area contributed by atoms with Gasteiger partial charge in [-0.1, -0.05) is 22.9 Å². The van der Waals surface area contributed by atoms with Crippen molar-refractivity contribution in [2.45, 2.75) is 25.4 Å². The Kier molecular flexibility index (Phi) is 7.14. The van der Waals surface area contributed by atoms with E-state index in [4.69, 9.17) is 4.74 Å². The maximum Gasteiger partial charge on any atom is 0.337 e. The van der Waals surface area contributed by atoms with Crippen LogP contribution < -0.4 is 4.74 Å². The van der Waals surface area contributed by atoms with Crippen molar-refractivity contribution in [2.24, 2.45) is 0 Å². The van der Waals surface area contributed by atoms with Crippen LogP contribution in [0.4, 0.5) is 4.39 Å². The van der Waals surface area contributed by atoms with Gasteiger partial charge in [0.25, 0.3) is 0 Å². The quantitative estimate of drug-likeness (QED) is 0.653. The number of hydrogen-bond donors (Lipinski definition) is 2. The first-order valence-electron chi connectivity index (χ1n) is 8.05. The second-order valence-electron chi connectivity index (χ2n) is 5.69. The molecule has 0 amide bonds. The second kappa shape index (κ2) is 9.12. The number of carbonyl (C=O) groups excluding carboxylic acids is 1. The van der Waals surface area contributed by atoms with Crippen LogP contribution in [0.15, 0.2) is 40.9 Å². The average Bonchev–Trinajstić information content (AvgIpc) is 2.65. The minimum Gasteiger partial charge on any atom is -0.465 e. The Bertz CT molecular complexity index is 781. The molecule has 0 aromatic heterocycles. The van der Waals surface area contributed by atoms with Gasteiger partial charge in [-0.15, -0.1) is 0 Å². The van der Waals surface area contributed by atoms with Crippen molar-refractivity contribution in [3.63, 3.8) is 0 Å². The van der Waals surface area contributed by atoms with Crippen molar-refractivity contribution in [3.05, 3.63) is 57.8 Å². The molecule has 0 aliphatic rings. The Morgan fingerprint density at radius 2 is 2.00 bits per heavy atom. The van der Waals surface area contributed by atoms with Crippen LogP contribution in [0.1, 0.15) is 35.2 Å². The van der Waals surface area contributed by atoms with Gasteiger partial charge in [0.05, 0.1) is 25.4 Å². The van der Waals surface area contributed by atoms with E-state index in [1.54, 1.807) is 18.2 Å². The number of halogens is 2. The number of ether oxygens (including phenoxy) is 2. The highest BCUT2D eigenvalue weighted by Gasteiger charge is 2.22. The fraction of sp³-hybridized carbons (Fsp3) is 0.316. The number of rotatable bonds is 7. The van der Waals surface area contributed by atoms with Gasteiger partial charge in [0.15, 0.2) is 11.6 Å². The second-order valence-corrected chi connectivity index (χ2v) is 6.54. The fourth-order valence-corrected chi connectivity index (χ4v) is 3.08. The highest BCUT2D eigenvalue weighted by molar-refractivity contribution is 9.10. The summed E-state index contributed by atoms with van der Waals surface area (Å²) in [7, 11) is 1.22. The molecule has 0 fully saturated rings. The summed E-state index contributed by atoms with van der Waals surface area (Å²) in [6.07, 6.45) is -0.241. The molecule has 2 N–H and O–H groups in total. The zero-order valence-electron chi connectivity index (χ0n) is 14.4. The van der Waals surface area contributed by atoms with Gasteiger partial charge >= 0.3 is 5.97 Å². The largest absolute Gasteiger partial charge is 0.465 e. The number of carbonyl (C=O) groups is 1. The van der Waals surface area contributed by atoms with E-state index in [-0.39, 0.29) is 17.9 Å². The van der Waals surface area contributed by atoms with Gasteiger partial charge in [-0.25, -0.2) is 9.18 Å². The van der Waals surface area contributed by atoms with E-state index in [0.717, 1.165) is 6.07 Å². The summed E-state index contributed by atoms with van der Waals surface area (Å²) < 4.78 is 25.0. The summed E-state index contributed by atoms with van der Waals surface area (Å²) >= 11 is 3.40. The number of esters is 1. The van der Waals surface area contributed by atoms with Crippen LogP contribution in [0.2, 0.25) is 0 Å². The third kappa shape index (κ3) is 4.60. The SMILES string of the molecule is CCC(O)C(CO)c1cc(Oc2ccc(C(=O)OC)cc2F)ccc1Br. The first kappa shape index (κ1) is 20.4. The molecular weight excluding hydrogens is 407 g/mol. The van der Waals surface area contributed by atoms with Gasteiger partial charge in [-0.05, 0) is 48.4 Å². The lowest BCUT2D eigenvalue weighted by Gasteiger charge is -2.22. The molecule has 2 aromatic rings. The first-order valence-corrected chi connectivity index (χ1v) is 8.84. The third-order valence-corrected chi connectivity index (χ3v) is 4.75. The molecule has 0 aliphatic carbocycles. The standard InChI is InChI=1S/C19H20BrFO5/c1-3-17(23)14(10-22)13-9-12(5-6-15(13)20)26-18-7-4-11(8-16(18)21)19(24)25-2/h4-9,14,17,22-23H,3,10H2,1-2H3. The lowest BCUT2D eigenvalue weighted by atomic mass is 9.92. The van der Waals surface area contributed by atoms with Crippen molar-refractivity contribution in [2.75, 3.05) is 13.7 Å². The third-order valence-electron chi connectivity index (χ3n) is 4.03. The molecule has 0 bridgehead atoms. The topological polar surface area (TPSA) is 76.0 Å². The molecule has 26 heavy (non-hydrogen) atoms. The van der Waals surface area contributed by atoms with Crippen LogP contribution in [0.5, 0.6) is 11.5 Å². The lowest BCUT2D eigenvalue weighted by molar-refractivity contribution is 0.0600. The van der Waals surface area contributed by atoms with E-state index >= 15 is 0 Å². The molecule has 2 rings (SSSR count). The summed E-state index contributed by atoms with van der Waals surface area (Å²) in [5, 5.41) is 19.7. The lowest BCUT2D eigenvalue weighted by Crippen LogP contribution is -2.21. The van der Waals surface area contributed by atoms with Crippen molar-refractivity contribution < 1.29 is 28.9 Å². The molecule has 7 heteroatoms. The van der Waals surface area contributed by atoms with Crippen LogP contribution in [0.25, 0.3) is 0 Å². The van der Waals surface area contributed by atoms with Gasteiger partial charge in [-0.2, -0.15) is 0 Å². The Hall–Kier alpha value is -1.96. The van der Waals surface area contributed by atoms with Crippen molar-refractivity contribution >= 4 is 21.9 Å². The molecule has 2 unspecified atom stereocenters. The molecule has 5 nitrogen and oxygen atoms in total. The predicted molar refractivity (Wildman–Crippen MR) is 98.1 cm³/mol. The van der Waals surface area contributed by atoms with E-state index in [9.17, 15) is 19.4 Å². The summed E-state index contributed by atoms with van der Waals surface area (Å²) in [5.41, 5.74) is 0.742. The highest BCUT2D eigenvalue weighted by atomic mass is 79.9. The predicted octanol–water partition coefficient (Wildman–Crippen LogP) is 4.01. The minimum atomic E-state index is -0.720. The number of methoxy groups -OCH3 is 1. The van der Waals surface area contributed by atoms with Crippen LogP contribution >= 0.6 is 15.9 Å². The zero-order chi connectivity index (χ0) is 19.3. The van der Waals surface area contributed by atoms with E-state index in [1.807, 2.05) is 6.92 Å². The van der Waals surface area contributed by atoms with Crippen LogP contribution in [0.3, 0.4) is 0 Å². The normalized spacial score (nSPS) is 13.2. The summed E-state index contributed by atoms with van der Waals surface area (Å²) in [6.45, 7) is 1.58. The minimum absolute atomic E-state index is 0.0532. The molecule has 0 heterocycles. The maximum absolute atomic E-state index is 14.2. The van der Waals surface area contributed by atoms with E-state index in [2.05, 4.69) is 20.7 Å². The average molecular weight is 427 g/mol. The Morgan fingerprint density at radius 1 is 1.27 bits per heavy atom. The van der Waals surface area contributed by atoms with Crippen molar-refractivity contribution in [1.82, 2.24) is 0 Å². The Balaban J connectivity index is 2.30. The van der Waals surface area contributed by atoms with Gasteiger partial charge in [0.1, 0.15) is 5.75 Å². The molecule has 0 saturated carbocycles. The smallest absolute Gasteiger partial charge is 0.337 e. The highest BCUT2D eigenvalue weighted by Crippen LogP contribution is 2.34. The number of aliphatic hydroxyl groups is 2. The summed E-state index contributed by atoms with van der Waals surface area (Å²) in [5.74, 6) is -1.55. The number of benzene rings is 2. The summed E-state index contributed by atoms with van der Waals surface area (Å²) in [6, 6.07) is 8.76. The Morgan fingerprint density at radius 3 is 2.58 bits per heavy atom. The van der Waals surface area contributed by atoms with Crippen LogP contribution in [0, 0.1) is 5.82 Å². The molecule has 0 spiro atoms. The fourth-order valence-electron chi connectivity index (χ4n) is 2.54. The van der Waals surface area contributed by atoms with Crippen molar-refractivity contribution in [1.29, 1.82) is 0 Å². The molecule has 2 aromatic carbocycles. The van der Waals surface area contributed by atoms with Gasteiger partial charge in [0.2, 0.25) is 0 Å². The van der Waals surface area contributed by atoms with Crippen LogP contribution in [-0.4, -0.2) is 36.0 Å². The van der Waals surface area contributed by atoms with Gasteiger partial charge < -0.3 is 19.7 Å². The summed E-state index contributed by atoms with van der Waals surface area (Å²) in [4.78, 5) is 11.4. The Labute approximate surface area is 159 Å². The molecule has 0 aliphatic heterocycles. The number of aliphatic hydroxyl groups excluding tert-OH is 2. The zero-order valence-corrected chi connectivity index (χ0v) is 16.0. The van der Waals surface area contributed by atoms with E-state index < -0.39 is 23.8 Å². The van der Waals surface area contributed by atoms with Gasteiger partial charge in [0, 0.05) is 10.4 Å². The molecular formula is C19H20BrFO5. The number of hydrogen-bond acceptors (Lipinski definition) is 5. The van der Waals surface area contributed by atoms with Gasteiger partial charge in [-0.3, -0.25) is 0 Å². The molecule has 0 radical (unpaired) electrons.